The quantitative estimate of drug-likeness (QED) is 0.430. The van der Waals surface area contributed by atoms with Gasteiger partial charge in [0.05, 0.1) is 0 Å². The lowest BCUT2D eigenvalue weighted by atomic mass is 10.4. The van der Waals surface area contributed by atoms with Crippen molar-refractivity contribution in [3.05, 3.63) is 0 Å². The lowest BCUT2D eigenvalue weighted by Crippen LogP contribution is -2.35. The van der Waals surface area contributed by atoms with Crippen molar-refractivity contribution in [3.8, 4) is 0 Å². The summed E-state index contributed by atoms with van der Waals surface area (Å²) in [7, 11) is 0.453. The van der Waals surface area contributed by atoms with Crippen LogP contribution in [-0.4, -0.2) is 23.4 Å². The first-order valence-corrected chi connectivity index (χ1v) is 3.75. The van der Waals surface area contributed by atoms with Crippen LogP contribution < -0.4 is 5.73 Å². The van der Waals surface area contributed by atoms with Crippen LogP contribution in [0, 0.1) is 0 Å². The lowest BCUT2D eigenvalue weighted by Gasteiger charge is -2.24. The van der Waals surface area contributed by atoms with Gasteiger partial charge in [0.15, 0.2) is 0 Å². The summed E-state index contributed by atoms with van der Waals surface area (Å²) in [5.41, 5.74) is 5.44. The number of hydrogen-bond donors (Lipinski definition) is 1. The van der Waals surface area contributed by atoms with Gasteiger partial charge in [-0.2, -0.15) is 10.5 Å². The van der Waals surface area contributed by atoms with E-state index in [0.29, 0.717) is 16.5 Å². The summed E-state index contributed by atoms with van der Waals surface area (Å²) in [6.07, 6.45) is 0. The van der Waals surface area contributed by atoms with Crippen LogP contribution in [0.15, 0.2) is 0 Å². The minimum absolute atomic E-state index is 0.453. The summed E-state index contributed by atoms with van der Waals surface area (Å²) in [5.74, 6) is 6.18. The molecule has 0 aromatic rings. The van der Waals surface area contributed by atoms with Gasteiger partial charge in [-0.3, -0.25) is 0 Å². The first-order valence-electron chi connectivity index (χ1n) is 2.02. The average molecular weight is 103 g/mol. The molecule has 1 nitrogen and oxygen atoms in total. The maximum atomic E-state index is 5.44. The van der Waals surface area contributed by atoms with E-state index in [9.17, 15) is 0 Å². The molecule has 1 aliphatic heterocycles. The van der Waals surface area contributed by atoms with E-state index >= 15 is 0 Å². The summed E-state index contributed by atoms with van der Waals surface area (Å²) in [6.45, 7) is 0. The molecule has 1 heterocycles. The number of nitrogens with two attached hydrogens (primary N) is 1. The van der Waals surface area contributed by atoms with E-state index in [1.54, 1.807) is 0 Å². The fraction of sp³-hybridized carbons (Fsp3) is 0.750. The van der Waals surface area contributed by atoms with Gasteiger partial charge in [-0.05, 0) is 0 Å². The maximum Gasteiger partial charge on any atom is 0.0212 e. The van der Waals surface area contributed by atoms with Crippen LogP contribution in [0.2, 0.25) is 0 Å². The van der Waals surface area contributed by atoms with Gasteiger partial charge in [-0.1, -0.05) is 5.87 Å². The van der Waals surface area contributed by atoms with Crippen molar-refractivity contribution in [2.45, 2.75) is 6.04 Å². The Balaban J connectivity index is 2.28. The third kappa shape index (κ3) is 0.632. The van der Waals surface area contributed by atoms with Crippen LogP contribution in [0.4, 0.5) is 0 Å². The first-order chi connectivity index (χ1) is 2.79. The van der Waals surface area contributed by atoms with E-state index in [1.165, 1.54) is 11.5 Å². The van der Waals surface area contributed by atoms with E-state index in [1.807, 2.05) is 0 Å². The number of rotatable bonds is 0. The molecule has 36 valence electrons. The molecule has 2 N–H and O–H groups in total. The largest absolute Gasteiger partial charge is 0.326 e. The monoisotopic (exact) mass is 103 g/mol. The van der Waals surface area contributed by atoms with Crippen LogP contribution >= 0.6 is 10.5 Å². The van der Waals surface area contributed by atoms with Crippen LogP contribution in [0.1, 0.15) is 0 Å². The average Bonchev–Trinajstić information content (AvgIpc) is 1.33. The molecule has 1 rings (SSSR count). The zero-order chi connectivity index (χ0) is 4.57. The van der Waals surface area contributed by atoms with E-state index in [0.717, 1.165) is 0 Å². The molecule has 0 saturated carbocycles. The standard InChI is InChI=1S/C4H9NS/c1-6-2-4(5)3-6/h4H,1-3,5H2. The highest BCUT2D eigenvalue weighted by Crippen LogP contribution is 2.21. The van der Waals surface area contributed by atoms with Gasteiger partial charge in [0.2, 0.25) is 0 Å². The second-order valence-electron chi connectivity index (χ2n) is 1.71. The Morgan fingerprint density at radius 3 is 2.17 bits per heavy atom. The maximum absolute atomic E-state index is 5.44. The van der Waals surface area contributed by atoms with Crippen molar-refractivity contribution < 1.29 is 0 Å². The summed E-state index contributed by atoms with van der Waals surface area (Å²) in [6, 6.07) is 0.492. The molecule has 1 saturated heterocycles. The zero-order valence-electron chi connectivity index (χ0n) is 3.68. The first kappa shape index (κ1) is 4.34. The Morgan fingerprint density at radius 2 is 2.17 bits per heavy atom. The Bertz CT molecular complexity index is 71.6. The normalized spacial score (nSPS) is 44.8. The Labute approximate surface area is 40.5 Å². The van der Waals surface area contributed by atoms with Crippen LogP contribution in [0.3, 0.4) is 0 Å². The predicted octanol–water partition coefficient (Wildman–Crippen LogP) is 0.0282. The summed E-state index contributed by atoms with van der Waals surface area (Å²) in [5, 5.41) is 0. The molecule has 0 atom stereocenters. The summed E-state index contributed by atoms with van der Waals surface area (Å²) < 4.78 is 0. The minimum Gasteiger partial charge on any atom is -0.326 e. The molecule has 0 spiro atoms. The van der Waals surface area contributed by atoms with Crippen LogP contribution in [0.25, 0.3) is 0 Å². The Hall–Kier alpha value is 0.180. The van der Waals surface area contributed by atoms with Gasteiger partial charge in [0, 0.05) is 17.5 Å². The second-order valence-corrected chi connectivity index (χ2v) is 3.60. The molecular weight excluding hydrogens is 94.1 g/mol. The molecule has 0 aromatic heterocycles. The summed E-state index contributed by atoms with van der Waals surface area (Å²) >= 11 is 0. The second kappa shape index (κ2) is 1.35. The molecule has 0 radical (unpaired) electrons. The van der Waals surface area contributed by atoms with E-state index < -0.39 is 0 Å². The van der Waals surface area contributed by atoms with Crippen molar-refractivity contribution >= 4 is 16.4 Å². The molecule has 0 unspecified atom stereocenters. The molecule has 0 aromatic carbocycles. The third-order valence-corrected chi connectivity index (χ3v) is 2.70. The van der Waals surface area contributed by atoms with E-state index in [4.69, 9.17) is 5.73 Å². The third-order valence-electron chi connectivity index (χ3n) is 0.900. The highest BCUT2D eigenvalue weighted by Gasteiger charge is 2.13. The Morgan fingerprint density at radius 1 is 1.67 bits per heavy atom. The molecule has 0 bridgehead atoms. The minimum atomic E-state index is 0.453. The lowest BCUT2D eigenvalue weighted by molar-refractivity contribution is 0.818. The van der Waals surface area contributed by atoms with Crippen molar-refractivity contribution in [1.29, 1.82) is 0 Å². The molecular formula is C4H9NS. The highest BCUT2D eigenvalue weighted by molar-refractivity contribution is 8.15. The van der Waals surface area contributed by atoms with E-state index in [2.05, 4.69) is 5.87 Å². The molecule has 1 aliphatic rings. The molecule has 2 heteroatoms. The van der Waals surface area contributed by atoms with E-state index in [-0.39, 0.29) is 0 Å². The van der Waals surface area contributed by atoms with Crippen molar-refractivity contribution in [1.82, 2.24) is 0 Å². The number of hydrogen-bond acceptors (Lipinski definition) is 1. The van der Waals surface area contributed by atoms with Gasteiger partial charge < -0.3 is 5.73 Å². The van der Waals surface area contributed by atoms with Crippen LogP contribution in [0.5, 0.6) is 0 Å². The van der Waals surface area contributed by atoms with Gasteiger partial charge in [0.1, 0.15) is 0 Å². The van der Waals surface area contributed by atoms with Gasteiger partial charge >= 0.3 is 0 Å². The highest BCUT2D eigenvalue weighted by atomic mass is 32.2. The molecule has 1 fully saturated rings. The van der Waals surface area contributed by atoms with Gasteiger partial charge in [0.25, 0.3) is 0 Å². The van der Waals surface area contributed by atoms with Gasteiger partial charge in [-0.15, -0.1) is 0 Å². The molecule has 0 aliphatic carbocycles. The van der Waals surface area contributed by atoms with Crippen molar-refractivity contribution in [2.75, 3.05) is 11.5 Å². The topological polar surface area (TPSA) is 26.0 Å². The predicted molar refractivity (Wildman–Crippen MR) is 32.4 cm³/mol. The van der Waals surface area contributed by atoms with Crippen LogP contribution in [-0.2, 0) is 0 Å². The fourth-order valence-corrected chi connectivity index (χ4v) is 1.67. The zero-order valence-corrected chi connectivity index (χ0v) is 4.50. The fourth-order valence-electron chi connectivity index (χ4n) is 0.557. The SMILES string of the molecule is C=S1CC(N)C1. The molecule has 0 amide bonds. The van der Waals surface area contributed by atoms with Crippen molar-refractivity contribution in [2.24, 2.45) is 5.73 Å². The summed E-state index contributed by atoms with van der Waals surface area (Å²) in [4.78, 5) is 0. The molecule has 6 heavy (non-hydrogen) atoms. The smallest absolute Gasteiger partial charge is 0.0212 e. The Kier molecular flexibility index (Phi) is 0.979. The van der Waals surface area contributed by atoms with Crippen molar-refractivity contribution in [3.63, 3.8) is 0 Å². The van der Waals surface area contributed by atoms with Gasteiger partial charge in [-0.25, -0.2) is 0 Å².